The first-order chi connectivity index (χ1) is 18.9. The highest BCUT2D eigenvalue weighted by Crippen LogP contribution is 2.70. The molecule has 40 heavy (non-hydrogen) atoms. The first-order valence-electron chi connectivity index (χ1n) is 15.8. The third-order valence-corrected chi connectivity index (χ3v) is 12.6. The van der Waals surface area contributed by atoms with Crippen LogP contribution >= 0.6 is 0 Å². The molecule has 0 aromatic rings. The average Bonchev–Trinajstić information content (AvgIpc) is 3.45. The molecule has 4 aliphatic carbocycles. The number of hydrogen-bond acceptors (Lipinski definition) is 8. The van der Waals surface area contributed by atoms with Gasteiger partial charge in [0, 0.05) is 11.5 Å². The summed E-state index contributed by atoms with van der Waals surface area (Å²) in [4.78, 5) is 11.8. The molecule has 0 unspecified atom stereocenters. The summed E-state index contributed by atoms with van der Waals surface area (Å²) in [7, 11) is 0. The molecule has 0 amide bonds. The molecular weight excluding hydrogens is 512 g/mol. The topological polar surface area (TPSA) is 126 Å². The number of cyclic esters (lactones) is 1. The van der Waals surface area contributed by atoms with Crippen LogP contribution < -0.4 is 0 Å². The molecule has 8 heteroatoms. The third kappa shape index (κ3) is 4.43. The molecule has 226 valence electrons. The Balaban J connectivity index is 1.14. The number of hydrogen-bond donors (Lipinski definition) is 4. The van der Waals surface area contributed by atoms with Gasteiger partial charge in [-0.2, -0.15) is 0 Å². The molecule has 5 fully saturated rings. The van der Waals surface area contributed by atoms with Gasteiger partial charge < -0.3 is 34.6 Å². The minimum absolute atomic E-state index is 0.0731. The highest BCUT2D eigenvalue weighted by atomic mass is 16.7. The van der Waals surface area contributed by atoms with Gasteiger partial charge >= 0.3 is 5.97 Å². The van der Waals surface area contributed by atoms with Crippen LogP contribution in [0.1, 0.15) is 91.9 Å². The van der Waals surface area contributed by atoms with Crippen molar-refractivity contribution in [3.05, 3.63) is 11.6 Å². The zero-order valence-electron chi connectivity index (χ0n) is 24.6. The summed E-state index contributed by atoms with van der Waals surface area (Å²) in [6.45, 7) is 9.15. The van der Waals surface area contributed by atoms with Crippen LogP contribution in [-0.4, -0.2) is 75.4 Å². The van der Waals surface area contributed by atoms with Gasteiger partial charge in [-0.15, -0.1) is 0 Å². The standard InChI is InChI=1S/C32H50O8/c1-17(2)13-24-26(34)27(35)28(36)29(40-24)39-20-7-10-30(3)19(15-20)5-6-23-22(30)8-11-31(4)21(9-12-32(23,31)37)18-14-25(33)38-16-18/h14,17,19-24,26-29,34-37H,5-13,15-16H2,1-4H3/t19-,20+,21-,22+,23-,24+,26+,27-,28-,29-,30+,31-,32+/m1/s1. The third-order valence-electron chi connectivity index (χ3n) is 12.6. The molecule has 2 aliphatic heterocycles. The minimum Gasteiger partial charge on any atom is -0.458 e. The summed E-state index contributed by atoms with van der Waals surface area (Å²) < 4.78 is 17.6. The molecule has 2 heterocycles. The van der Waals surface area contributed by atoms with Crippen LogP contribution in [0.15, 0.2) is 11.6 Å². The van der Waals surface area contributed by atoms with E-state index in [1.54, 1.807) is 6.08 Å². The van der Waals surface area contributed by atoms with Crippen molar-refractivity contribution >= 4 is 5.97 Å². The van der Waals surface area contributed by atoms with Gasteiger partial charge in [-0.1, -0.05) is 27.7 Å². The summed E-state index contributed by atoms with van der Waals surface area (Å²) in [5, 5.41) is 44.0. The number of esters is 1. The fourth-order valence-electron chi connectivity index (χ4n) is 10.4. The molecule has 6 aliphatic rings. The molecule has 13 atom stereocenters. The van der Waals surface area contributed by atoms with Crippen molar-refractivity contribution in [3.8, 4) is 0 Å². The number of aliphatic hydroxyl groups excluding tert-OH is 3. The monoisotopic (exact) mass is 562 g/mol. The fourth-order valence-corrected chi connectivity index (χ4v) is 10.4. The molecule has 0 bridgehead atoms. The van der Waals surface area contributed by atoms with Crippen molar-refractivity contribution in [2.75, 3.05) is 6.61 Å². The van der Waals surface area contributed by atoms with Crippen LogP contribution in [0, 0.1) is 40.4 Å². The fraction of sp³-hybridized carbons (Fsp3) is 0.906. The van der Waals surface area contributed by atoms with Gasteiger partial charge in [-0.3, -0.25) is 0 Å². The summed E-state index contributed by atoms with van der Waals surface area (Å²) in [5.41, 5.74) is 0.228. The maximum Gasteiger partial charge on any atom is 0.331 e. The lowest BCUT2D eigenvalue weighted by Crippen LogP contribution is -2.62. The lowest BCUT2D eigenvalue weighted by Gasteiger charge is -2.64. The van der Waals surface area contributed by atoms with Gasteiger partial charge in [0.1, 0.15) is 24.9 Å². The van der Waals surface area contributed by atoms with E-state index in [4.69, 9.17) is 14.2 Å². The SMILES string of the molecule is CC(C)C[C@@H]1O[C@@H](O[C@H]2CC[C@@]3(C)[C@H](CC[C@@H]4[C@@H]3CC[C@]3(C)[C@@H](C5=CC(=O)OC5)CC[C@]43O)C2)[C@H](O)[C@H](O)[C@H]1O. The number of carbonyl (C=O) groups is 1. The number of fused-ring (bicyclic) bond motifs is 5. The van der Waals surface area contributed by atoms with Crippen molar-refractivity contribution in [3.63, 3.8) is 0 Å². The molecule has 0 spiro atoms. The van der Waals surface area contributed by atoms with Crippen molar-refractivity contribution in [2.24, 2.45) is 40.4 Å². The Hall–Kier alpha value is -1.03. The predicted molar refractivity (Wildman–Crippen MR) is 147 cm³/mol. The van der Waals surface area contributed by atoms with Crippen molar-refractivity contribution in [1.29, 1.82) is 0 Å². The van der Waals surface area contributed by atoms with Gasteiger partial charge in [-0.25, -0.2) is 4.79 Å². The van der Waals surface area contributed by atoms with Crippen LogP contribution in [0.5, 0.6) is 0 Å². The Bertz CT molecular complexity index is 1010. The molecule has 1 saturated heterocycles. The smallest absolute Gasteiger partial charge is 0.331 e. The van der Waals surface area contributed by atoms with E-state index >= 15 is 0 Å². The van der Waals surface area contributed by atoms with E-state index in [-0.39, 0.29) is 40.7 Å². The van der Waals surface area contributed by atoms with Gasteiger partial charge in [0.05, 0.1) is 17.8 Å². The van der Waals surface area contributed by atoms with E-state index in [0.717, 1.165) is 63.4 Å². The molecule has 0 aromatic heterocycles. The first-order valence-corrected chi connectivity index (χ1v) is 15.8. The highest BCUT2D eigenvalue weighted by molar-refractivity contribution is 5.85. The second kappa shape index (κ2) is 10.3. The van der Waals surface area contributed by atoms with E-state index < -0.39 is 36.3 Å². The number of carbonyl (C=O) groups excluding carboxylic acids is 1. The van der Waals surface area contributed by atoms with Crippen LogP contribution in [0.2, 0.25) is 0 Å². The Kier molecular flexibility index (Phi) is 7.49. The van der Waals surface area contributed by atoms with Crippen LogP contribution in [0.4, 0.5) is 0 Å². The molecule has 4 N–H and O–H groups in total. The van der Waals surface area contributed by atoms with E-state index in [2.05, 4.69) is 13.8 Å². The molecule has 8 nitrogen and oxygen atoms in total. The molecule has 4 saturated carbocycles. The maximum atomic E-state index is 12.4. The van der Waals surface area contributed by atoms with E-state index in [0.29, 0.717) is 24.9 Å². The van der Waals surface area contributed by atoms with Crippen LogP contribution in [-0.2, 0) is 19.0 Å². The second-order valence-electron chi connectivity index (χ2n) is 15.0. The Morgan fingerprint density at radius 2 is 1.75 bits per heavy atom. The highest BCUT2D eigenvalue weighted by Gasteiger charge is 2.67. The Morgan fingerprint density at radius 3 is 2.45 bits per heavy atom. The summed E-state index contributed by atoms with van der Waals surface area (Å²) in [5.74, 6) is 1.40. The largest absolute Gasteiger partial charge is 0.458 e. The zero-order chi connectivity index (χ0) is 28.6. The Morgan fingerprint density at radius 1 is 0.975 bits per heavy atom. The number of ether oxygens (including phenoxy) is 3. The van der Waals surface area contributed by atoms with Gasteiger partial charge in [0.2, 0.25) is 0 Å². The first kappa shape index (κ1) is 29.1. The van der Waals surface area contributed by atoms with Crippen molar-refractivity contribution in [2.45, 2.75) is 134 Å². The van der Waals surface area contributed by atoms with E-state index in [1.807, 2.05) is 13.8 Å². The van der Waals surface area contributed by atoms with Crippen LogP contribution in [0.3, 0.4) is 0 Å². The van der Waals surface area contributed by atoms with E-state index in [9.17, 15) is 25.2 Å². The minimum atomic E-state index is -1.29. The lowest BCUT2D eigenvalue weighted by molar-refractivity contribution is -0.315. The second-order valence-corrected chi connectivity index (χ2v) is 15.0. The molecular formula is C32H50O8. The summed E-state index contributed by atoms with van der Waals surface area (Å²) in [6, 6.07) is 0. The van der Waals surface area contributed by atoms with Crippen molar-refractivity contribution in [1.82, 2.24) is 0 Å². The average molecular weight is 563 g/mol. The zero-order valence-corrected chi connectivity index (χ0v) is 24.6. The van der Waals surface area contributed by atoms with Gasteiger partial charge in [-0.05, 0) is 105 Å². The molecule has 6 rings (SSSR count). The maximum absolute atomic E-state index is 12.4. The van der Waals surface area contributed by atoms with Gasteiger partial charge in [0.25, 0.3) is 0 Å². The summed E-state index contributed by atoms with van der Waals surface area (Å²) >= 11 is 0. The molecule has 0 aromatic carbocycles. The van der Waals surface area contributed by atoms with Gasteiger partial charge in [0.15, 0.2) is 6.29 Å². The number of rotatable bonds is 5. The lowest BCUT2D eigenvalue weighted by atomic mass is 9.43. The Labute approximate surface area is 238 Å². The predicted octanol–water partition coefficient (Wildman–Crippen LogP) is 3.48. The summed E-state index contributed by atoms with van der Waals surface area (Å²) in [6.07, 6.45) is 5.49. The van der Waals surface area contributed by atoms with Crippen LogP contribution in [0.25, 0.3) is 0 Å². The van der Waals surface area contributed by atoms with Crippen molar-refractivity contribution < 1.29 is 39.4 Å². The normalized spacial score (nSPS) is 52.5. The molecule has 0 radical (unpaired) electrons. The van der Waals surface area contributed by atoms with E-state index in [1.165, 1.54) is 0 Å². The quantitative estimate of drug-likeness (QED) is 0.297. The number of aliphatic hydroxyl groups is 4.